The number of anilines is 3. The van der Waals surface area contributed by atoms with Crippen LogP contribution in [0.4, 0.5) is 17.5 Å². The van der Waals surface area contributed by atoms with E-state index in [0.717, 1.165) is 21.4 Å². The van der Waals surface area contributed by atoms with E-state index in [1.54, 1.807) is 12.4 Å². The second-order valence-electron chi connectivity index (χ2n) is 4.93. The summed E-state index contributed by atoms with van der Waals surface area (Å²) in [6.07, 6.45) is 3.34. The van der Waals surface area contributed by atoms with E-state index in [1.807, 2.05) is 43.3 Å². The van der Waals surface area contributed by atoms with Crippen LogP contribution in [-0.2, 0) is 6.54 Å². The molecule has 0 aliphatic heterocycles. The Labute approximate surface area is 142 Å². The van der Waals surface area contributed by atoms with Crippen LogP contribution in [0.15, 0.2) is 53.3 Å². The molecule has 0 bridgehead atoms. The van der Waals surface area contributed by atoms with Crippen molar-refractivity contribution in [3.8, 4) is 0 Å². The monoisotopic (exact) mass is 370 g/mol. The summed E-state index contributed by atoms with van der Waals surface area (Å²) in [6, 6.07) is 11.8. The Balaban J connectivity index is 1.68. The van der Waals surface area contributed by atoms with Gasteiger partial charge in [-0.1, -0.05) is 22.0 Å². The highest BCUT2D eigenvalue weighted by Gasteiger charge is 2.03. The minimum Gasteiger partial charge on any atom is -0.347 e. The summed E-state index contributed by atoms with van der Waals surface area (Å²) >= 11 is 3.49. The summed E-state index contributed by atoms with van der Waals surface area (Å²) in [5, 5.41) is 14.3. The van der Waals surface area contributed by atoms with Crippen molar-refractivity contribution in [2.45, 2.75) is 13.5 Å². The van der Waals surface area contributed by atoms with Crippen molar-refractivity contribution in [1.82, 2.24) is 20.2 Å². The van der Waals surface area contributed by atoms with E-state index in [2.05, 4.69) is 46.7 Å². The lowest BCUT2D eigenvalue weighted by Crippen LogP contribution is -2.07. The largest absolute Gasteiger partial charge is 0.347 e. The maximum atomic E-state index is 4.40. The molecule has 3 rings (SSSR count). The Morgan fingerprint density at radius 1 is 1.17 bits per heavy atom. The van der Waals surface area contributed by atoms with Crippen LogP contribution in [0.2, 0.25) is 0 Å². The molecule has 0 aliphatic rings. The van der Waals surface area contributed by atoms with Gasteiger partial charge in [-0.25, -0.2) is 0 Å². The third-order valence-electron chi connectivity index (χ3n) is 3.14. The standard InChI is InChI=1S/C16H15BrN6/c1-11-8-12(5-6-14(11)17)21-15-10-20-23-16(22-15)19-9-13-4-2-3-7-18-13/h2-8,10H,9H2,1H3,(H2,19,21,22,23). The Hall–Kier alpha value is -2.54. The topological polar surface area (TPSA) is 75.6 Å². The van der Waals surface area contributed by atoms with Gasteiger partial charge >= 0.3 is 0 Å². The molecule has 0 spiro atoms. The van der Waals surface area contributed by atoms with Gasteiger partial charge in [0.05, 0.1) is 18.4 Å². The lowest BCUT2D eigenvalue weighted by Gasteiger charge is -2.08. The molecule has 2 N–H and O–H groups in total. The molecule has 0 amide bonds. The molecule has 2 heterocycles. The predicted molar refractivity (Wildman–Crippen MR) is 93.6 cm³/mol. The van der Waals surface area contributed by atoms with Crippen LogP contribution in [0.5, 0.6) is 0 Å². The SMILES string of the molecule is Cc1cc(Nc2cnnc(NCc3ccccn3)n2)ccc1Br. The Bertz CT molecular complexity index is 794. The number of hydrogen-bond donors (Lipinski definition) is 2. The van der Waals surface area contributed by atoms with E-state index < -0.39 is 0 Å². The number of hydrogen-bond acceptors (Lipinski definition) is 6. The summed E-state index contributed by atoms with van der Waals surface area (Å²) < 4.78 is 1.07. The number of nitrogens with one attached hydrogen (secondary N) is 2. The molecule has 7 heteroatoms. The Morgan fingerprint density at radius 3 is 2.87 bits per heavy atom. The fourth-order valence-corrected chi connectivity index (χ4v) is 2.23. The van der Waals surface area contributed by atoms with Crippen LogP contribution in [0.3, 0.4) is 0 Å². The van der Waals surface area contributed by atoms with Crippen LogP contribution < -0.4 is 10.6 Å². The first-order chi connectivity index (χ1) is 11.2. The van der Waals surface area contributed by atoms with Crippen molar-refractivity contribution in [2.24, 2.45) is 0 Å². The fourth-order valence-electron chi connectivity index (χ4n) is 1.98. The number of aromatic nitrogens is 4. The van der Waals surface area contributed by atoms with E-state index >= 15 is 0 Å². The second kappa shape index (κ2) is 7.15. The fraction of sp³-hybridized carbons (Fsp3) is 0.125. The number of aryl methyl sites for hydroxylation is 1. The first kappa shape index (κ1) is 15.4. The minimum atomic E-state index is 0.453. The first-order valence-electron chi connectivity index (χ1n) is 7.07. The molecule has 0 saturated carbocycles. The smallest absolute Gasteiger partial charge is 0.245 e. The molecule has 1 aromatic carbocycles. The van der Waals surface area contributed by atoms with E-state index in [9.17, 15) is 0 Å². The maximum absolute atomic E-state index is 4.40. The normalized spacial score (nSPS) is 10.3. The lowest BCUT2D eigenvalue weighted by molar-refractivity contribution is 0.934. The Kier molecular flexibility index (Phi) is 4.77. The maximum Gasteiger partial charge on any atom is 0.245 e. The molecule has 3 aromatic rings. The van der Waals surface area contributed by atoms with Gasteiger partial charge in [0.2, 0.25) is 5.95 Å². The van der Waals surface area contributed by atoms with Gasteiger partial charge in [-0.3, -0.25) is 4.98 Å². The number of benzene rings is 1. The van der Waals surface area contributed by atoms with Crippen LogP contribution in [0.25, 0.3) is 0 Å². The number of halogens is 1. The van der Waals surface area contributed by atoms with Gasteiger partial charge in [0.1, 0.15) is 0 Å². The van der Waals surface area contributed by atoms with Crippen molar-refractivity contribution < 1.29 is 0 Å². The molecule has 0 saturated heterocycles. The third-order valence-corrected chi connectivity index (χ3v) is 4.03. The van der Waals surface area contributed by atoms with Gasteiger partial charge in [-0.15, -0.1) is 5.10 Å². The zero-order valence-corrected chi connectivity index (χ0v) is 14.1. The summed E-state index contributed by atoms with van der Waals surface area (Å²) in [6.45, 7) is 2.58. The second-order valence-corrected chi connectivity index (χ2v) is 5.78. The molecule has 0 atom stereocenters. The van der Waals surface area contributed by atoms with Gasteiger partial charge in [0.15, 0.2) is 5.82 Å². The molecule has 116 valence electrons. The highest BCUT2D eigenvalue weighted by Crippen LogP contribution is 2.22. The highest BCUT2D eigenvalue weighted by atomic mass is 79.9. The number of nitrogens with zero attached hydrogens (tertiary/aromatic N) is 4. The van der Waals surface area contributed by atoms with Crippen molar-refractivity contribution in [2.75, 3.05) is 10.6 Å². The third kappa shape index (κ3) is 4.23. The molecule has 0 aliphatic carbocycles. The molecule has 23 heavy (non-hydrogen) atoms. The van der Waals surface area contributed by atoms with Crippen LogP contribution in [0.1, 0.15) is 11.3 Å². The summed E-state index contributed by atoms with van der Waals surface area (Å²) in [4.78, 5) is 8.64. The number of pyridine rings is 1. The molecular weight excluding hydrogens is 356 g/mol. The van der Waals surface area contributed by atoms with Crippen molar-refractivity contribution in [1.29, 1.82) is 0 Å². The van der Waals surface area contributed by atoms with Crippen molar-refractivity contribution in [3.05, 3.63) is 64.5 Å². The van der Waals surface area contributed by atoms with Crippen molar-refractivity contribution in [3.63, 3.8) is 0 Å². The van der Waals surface area contributed by atoms with Gasteiger partial charge in [-0.2, -0.15) is 10.1 Å². The average Bonchev–Trinajstić information content (AvgIpc) is 2.58. The van der Waals surface area contributed by atoms with Gasteiger partial charge in [0, 0.05) is 16.4 Å². The zero-order valence-electron chi connectivity index (χ0n) is 12.5. The summed E-state index contributed by atoms with van der Waals surface area (Å²) in [7, 11) is 0. The van der Waals surface area contributed by atoms with Gasteiger partial charge in [0.25, 0.3) is 0 Å². The molecule has 2 aromatic heterocycles. The van der Waals surface area contributed by atoms with Crippen LogP contribution >= 0.6 is 15.9 Å². The van der Waals surface area contributed by atoms with E-state index in [-0.39, 0.29) is 0 Å². The van der Waals surface area contributed by atoms with Crippen LogP contribution in [-0.4, -0.2) is 20.2 Å². The molecule has 0 unspecified atom stereocenters. The summed E-state index contributed by atoms with van der Waals surface area (Å²) in [5.74, 6) is 1.08. The average molecular weight is 371 g/mol. The van der Waals surface area contributed by atoms with Crippen LogP contribution in [0, 0.1) is 6.92 Å². The first-order valence-corrected chi connectivity index (χ1v) is 7.87. The predicted octanol–water partition coefficient (Wildman–Crippen LogP) is 3.69. The molecule has 0 fully saturated rings. The highest BCUT2D eigenvalue weighted by molar-refractivity contribution is 9.10. The van der Waals surface area contributed by atoms with E-state index in [4.69, 9.17) is 0 Å². The number of rotatable bonds is 5. The minimum absolute atomic E-state index is 0.453. The lowest BCUT2D eigenvalue weighted by atomic mass is 10.2. The van der Waals surface area contributed by atoms with Gasteiger partial charge < -0.3 is 10.6 Å². The van der Waals surface area contributed by atoms with Gasteiger partial charge in [-0.05, 0) is 42.8 Å². The molecular formula is C16H15BrN6. The van der Waals surface area contributed by atoms with Crippen molar-refractivity contribution >= 4 is 33.4 Å². The Morgan fingerprint density at radius 2 is 2.09 bits per heavy atom. The van der Waals surface area contributed by atoms with E-state index in [0.29, 0.717) is 18.3 Å². The zero-order chi connectivity index (χ0) is 16.1. The quantitative estimate of drug-likeness (QED) is 0.713. The summed E-state index contributed by atoms with van der Waals surface area (Å²) in [5.41, 5.74) is 3.00. The molecule has 0 radical (unpaired) electrons. The van der Waals surface area contributed by atoms with E-state index in [1.165, 1.54) is 0 Å². The molecule has 6 nitrogen and oxygen atoms in total.